The molecule has 0 spiro atoms. The Kier molecular flexibility index (Phi) is 5.73. The van der Waals surface area contributed by atoms with Crippen LogP contribution in [0.3, 0.4) is 0 Å². The zero-order valence-electron chi connectivity index (χ0n) is 15.9. The molecule has 0 aliphatic carbocycles. The molecule has 0 N–H and O–H groups in total. The number of nitrogens with zero attached hydrogens (tertiary/aromatic N) is 4. The Morgan fingerprint density at radius 1 is 1.00 bits per heavy atom. The molecule has 3 fully saturated rings. The average molecular weight is 357 g/mol. The highest BCUT2D eigenvalue weighted by molar-refractivity contribution is 5.95. The molecule has 1 amide bonds. The lowest BCUT2D eigenvalue weighted by Gasteiger charge is -2.37. The molecule has 3 aliphatic heterocycles. The predicted molar refractivity (Wildman–Crippen MR) is 105 cm³/mol. The van der Waals surface area contributed by atoms with E-state index in [9.17, 15) is 4.79 Å². The molecule has 5 nitrogen and oxygen atoms in total. The van der Waals surface area contributed by atoms with Gasteiger partial charge in [0.15, 0.2) is 0 Å². The van der Waals surface area contributed by atoms with E-state index in [0.717, 1.165) is 56.3 Å². The van der Waals surface area contributed by atoms with Crippen LogP contribution in [0.15, 0.2) is 18.3 Å². The normalized spacial score (nSPS) is 24.8. The molecular formula is C21H32N4O. The Hall–Kier alpha value is -1.62. The zero-order chi connectivity index (χ0) is 17.8. The van der Waals surface area contributed by atoms with E-state index in [2.05, 4.69) is 14.8 Å². The molecule has 0 bridgehead atoms. The van der Waals surface area contributed by atoms with Crippen LogP contribution >= 0.6 is 0 Å². The Morgan fingerprint density at radius 2 is 1.77 bits per heavy atom. The summed E-state index contributed by atoms with van der Waals surface area (Å²) in [5.74, 6) is 1.88. The minimum absolute atomic E-state index is 0.174. The summed E-state index contributed by atoms with van der Waals surface area (Å²) in [6.45, 7) is 7.71. The summed E-state index contributed by atoms with van der Waals surface area (Å²) in [6.07, 6.45) is 10.7. The maximum Gasteiger partial charge on any atom is 0.254 e. The monoisotopic (exact) mass is 356 g/mol. The summed E-state index contributed by atoms with van der Waals surface area (Å²) in [5, 5.41) is 0. The van der Waals surface area contributed by atoms with Gasteiger partial charge in [-0.25, -0.2) is 4.98 Å². The van der Waals surface area contributed by atoms with Gasteiger partial charge >= 0.3 is 0 Å². The largest absolute Gasteiger partial charge is 0.356 e. The molecule has 3 saturated heterocycles. The Bertz CT molecular complexity index is 608. The van der Waals surface area contributed by atoms with Gasteiger partial charge in [0.2, 0.25) is 0 Å². The first-order valence-corrected chi connectivity index (χ1v) is 10.5. The van der Waals surface area contributed by atoms with Crippen molar-refractivity contribution in [3.63, 3.8) is 0 Å². The molecular weight excluding hydrogens is 324 g/mol. The second-order valence-corrected chi connectivity index (χ2v) is 8.22. The van der Waals surface area contributed by atoms with E-state index < -0.39 is 0 Å². The minimum atomic E-state index is 0.174. The molecule has 4 heterocycles. The maximum absolute atomic E-state index is 12.7. The number of aromatic nitrogens is 1. The lowest BCUT2D eigenvalue weighted by atomic mass is 9.96. The average Bonchev–Trinajstić information content (AvgIpc) is 3.23. The van der Waals surface area contributed by atoms with Crippen molar-refractivity contribution in [2.24, 2.45) is 5.92 Å². The van der Waals surface area contributed by atoms with Gasteiger partial charge in [0.05, 0.1) is 0 Å². The molecule has 142 valence electrons. The number of hydrogen-bond donors (Lipinski definition) is 0. The number of amides is 1. The Morgan fingerprint density at radius 3 is 2.58 bits per heavy atom. The molecule has 5 heteroatoms. The summed E-state index contributed by atoms with van der Waals surface area (Å²) in [5.41, 5.74) is 0.801. The second-order valence-electron chi connectivity index (χ2n) is 8.22. The molecule has 0 unspecified atom stereocenters. The van der Waals surface area contributed by atoms with Crippen molar-refractivity contribution in [3.05, 3.63) is 23.9 Å². The van der Waals surface area contributed by atoms with Crippen LogP contribution in [0.2, 0.25) is 0 Å². The van der Waals surface area contributed by atoms with Crippen molar-refractivity contribution in [3.8, 4) is 0 Å². The first-order chi connectivity index (χ1) is 12.8. The van der Waals surface area contributed by atoms with E-state index in [1.165, 1.54) is 51.7 Å². The van der Waals surface area contributed by atoms with Crippen LogP contribution < -0.4 is 4.90 Å². The first-order valence-electron chi connectivity index (χ1n) is 10.5. The number of anilines is 1. The van der Waals surface area contributed by atoms with Gasteiger partial charge in [-0.2, -0.15) is 0 Å². The summed E-state index contributed by atoms with van der Waals surface area (Å²) in [4.78, 5) is 24.3. The minimum Gasteiger partial charge on any atom is -0.356 e. The molecule has 4 rings (SSSR count). The second kappa shape index (κ2) is 8.38. The van der Waals surface area contributed by atoms with Crippen molar-refractivity contribution in [2.75, 3.05) is 50.7 Å². The smallest absolute Gasteiger partial charge is 0.254 e. The number of carbonyl (C=O) groups is 1. The van der Waals surface area contributed by atoms with Crippen LogP contribution in [-0.4, -0.2) is 66.5 Å². The van der Waals surface area contributed by atoms with Crippen LogP contribution in [0.25, 0.3) is 0 Å². The van der Waals surface area contributed by atoms with E-state index in [1.54, 1.807) is 0 Å². The molecule has 1 atom stereocenters. The number of piperidine rings is 2. The van der Waals surface area contributed by atoms with Crippen LogP contribution in [0.1, 0.15) is 55.3 Å². The fourth-order valence-corrected chi connectivity index (χ4v) is 4.76. The van der Waals surface area contributed by atoms with E-state index >= 15 is 0 Å². The number of hydrogen-bond acceptors (Lipinski definition) is 4. The number of likely N-dealkylation sites (tertiary alicyclic amines) is 2. The molecule has 0 saturated carbocycles. The lowest BCUT2D eigenvalue weighted by Crippen LogP contribution is -2.42. The van der Waals surface area contributed by atoms with Gasteiger partial charge < -0.3 is 14.7 Å². The van der Waals surface area contributed by atoms with Crippen molar-refractivity contribution >= 4 is 11.7 Å². The van der Waals surface area contributed by atoms with Crippen molar-refractivity contribution in [2.45, 2.75) is 44.9 Å². The van der Waals surface area contributed by atoms with Gasteiger partial charge in [-0.05, 0) is 69.7 Å². The Balaban J connectivity index is 1.39. The van der Waals surface area contributed by atoms with Gasteiger partial charge in [-0.1, -0.05) is 6.42 Å². The number of rotatable bonds is 4. The van der Waals surface area contributed by atoms with Crippen molar-refractivity contribution in [1.29, 1.82) is 0 Å². The summed E-state index contributed by atoms with van der Waals surface area (Å²) in [7, 11) is 0. The summed E-state index contributed by atoms with van der Waals surface area (Å²) in [6, 6.07) is 3.89. The molecule has 1 aromatic heterocycles. The highest BCUT2D eigenvalue weighted by Crippen LogP contribution is 2.24. The molecule has 26 heavy (non-hydrogen) atoms. The highest BCUT2D eigenvalue weighted by atomic mass is 16.2. The van der Waals surface area contributed by atoms with Crippen molar-refractivity contribution < 1.29 is 4.79 Å². The van der Waals surface area contributed by atoms with Crippen molar-refractivity contribution in [1.82, 2.24) is 14.8 Å². The topological polar surface area (TPSA) is 39.7 Å². The third-order valence-electron chi connectivity index (χ3n) is 6.19. The van der Waals surface area contributed by atoms with Crippen LogP contribution in [0, 0.1) is 5.92 Å². The molecule has 3 aliphatic rings. The van der Waals surface area contributed by atoms with Gasteiger partial charge in [0, 0.05) is 44.5 Å². The van der Waals surface area contributed by atoms with Gasteiger partial charge in [0.25, 0.3) is 5.91 Å². The maximum atomic E-state index is 12.7. The molecule has 0 radical (unpaired) electrons. The lowest BCUT2D eigenvalue weighted by molar-refractivity contribution is 0.0792. The van der Waals surface area contributed by atoms with Gasteiger partial charge in [-0.15, -0.1) is 0 Å². The van der Waals surface area contributed by atoms with Crippen LogP contribution in [0.4, 0.5) is 5.82 Å². The van der Waals surface area contributed by atoms with Crippen LogP contribution in [0.5, 0.6) is 0 Å². The van der Waals surface area contributed by atoms with E-state index in [4.69, 9.17) is 0 Å². The van der Waals surface area contributed by atoms with Gasteiger partial charge in [-0.3, -0.25) is 4.79 Å². The first kappa shape index (κ1) is 17.8. The number of pyridine rings is 1. The molecule has 1 aromatic rings. The van der Waals surface area contributed by atoms with Crippen LogP contribution in [-0.2, 0) is 0 Å². The fourth-order valence-electron chi connectivity index (χ4n) is 4.76. The third-order valence-corrected chi connectivity index (χ3v) is 6.19. The highest BCUT2D eigenvalue weighted by Gasteiger charge is 2.25. The number of carbonyl (C=O) groups excluding carboxylic acids is 1. The molecule has 0 aromatic carbocycles. The predicted octanol–water partition coefficient (Wildman–Crippen LogP) is 3.02. The third kappa shape index (κ3) is 4.20. The zero-order valence-corrected chi connectivity index (χ0v) is 15.9. The van der Waals surface area contributed by atoms with E-state index in [0.29, 0.717) is 0 Å². The quantitative estimate of drug-likeness (QED) is 0.831. The summed E-state index contributed by atoms with van der Waals surface area (Å²) < 4.78 is 0. The van der Waals surface area contributed by atoms with E-state index in [1.807, 2.05) is 23.2 Å². The SMILES string of the molecule is O=C(c1ccnc(N2CCC[C@H](CN3CCCCC3)C2)c1)N1CCCC1. The van der Waals surface area contributed by atoms with Gasteiger partial charge in [0.1, 0.15) is 5.82 Å². The Labute approximate surface area is 157 Å². The standard InChI is InChI=1S/C21H32N4O/c26-21(24-12-4-5-13-24)19-8-9-22-20(15-19)25-14-6-7-18(17-25)16-23-10-2-1-3-11-23/h8-9,15,18H,1-7,10-14,16-17H2/t18-/m1/s1. The summed E-state index contributed by atoms with van der Waals surface area (Å²) >= 11 is 0. The van der Waals surface area contributed by atoms with E-state index in [-0.39, 0.29) is 5.91 Å². The fraction of sp³-hybridized carbons (Fsp3) is 0.714.